The molecule has 0 aliphatic carbocycles. The van der Waals surface area contributed by atoms with Gasteiger partial charge < -0.3 is 9.73 Å². The highest BCUT2D eigenvalue weighted by molar-refractivity contribution is 5.16. The van der Waals surface area contributed by atoms with Gasteiger partial charge in [-0.15, -0.1) is 0 Å². The lowest BCUT2D eigenvalue weighted by Crippen LogP contribution is -2.18. The number of nitrogens with one attached hydrogen (secondary N) is 1. The van der Waals surface area contributed by atoms with Gasteiger partial charge in [0.15, 0.2) is 0 Å². The quantitative estimate of drug-likeness (QED) is 0.752. The van der Waals surface area contributed by atoms with Crippen LogP contribution in [0.1, 0.15) is 25.2 Å². The van der Waals surface area contributed by atoms with Gasteiger partial charge in [-0.2, -0.15) is 0 Å². The molecule has 80 valence electrons. The summed E-state index contributed by atoms with van der Waals surface area (Å²) in [5.74, 6) is 1.08. The predicted octanol–water partition coefficient (Wildman–Crippen LogP) is 1.84. The molecule has 1 aromatic rings. The first kappa shape index (κ1) is 11.3. The molecule has 1 aromatic heterocycles. The topological polar surface area (TPSA) is 28.4 Å². The molecular weight excluding hydrogens is 176 g/mol. The van der Waals surface area contributed by atoms with Crippen LogP contribution in [-0.4, -0.2) is 25.0 Å². The van der Waals surface area contributed by atoms with Gasteiger partial charge in [0.1, 0.15) is 5.76 Å². The molecule has 14 heavy (non-hydrogen) atoms. The molecule has 0 aliphatic heterocycles. The highest BCUT2D eigenvalue weighted by atomic mass is 16.3. The number of hydrogen-bond acceptors (Lipinski definition) is 3. The summed E-state index contributed by atoms with van der Waals surface area (Å²) in [5, 5.41) is 3.30. The van der Waals surface area contributed by atoms with Gasteiger partial charge in [0.25, 0.3) is 0 Å². The summed E-state index contributed by atoms with van der Waals surface area (Å²) in [4.78, 5) is 2.23. The van der Waals surface area contributed by atoms with Crippen molar-refractivity contribution in [3.63, 3.8) is 0 Å². The molecule has 0 atom stereocenters. The standard InChI is InChI=1S/C11H20N2O/c1-4-12-8-10-6-7-14-11(10)9-13(3)5-2/h6-7,12H,4-5,8-9H2,1-3H3. The zero-order valence-corrected chi connectivity index (χ0v) is 9.34. The van der Waals surface area contributed by atoms with Gasteiger partial charge in [0.2, 0.25) is 0 Å². The first-order valence-corrected chi connectivity index (χ1v) is 5.22. The molecule has 0 amide bonds. The Labute approximate surface area is 86.1 Å². The molecule has 0 radical (unpaired) electrons. The minimum Gasteiger partial charge on any atom is -0.468 e. The second kappa shape index (κ2) is 5.83. The lowest BCUT2D eigenvalue weighted by atomic mass is 10.2. The van der Waals surface area contributed by atoms with Crippen LogP contribution < -0.4 is 5.32 Å². The lowest BCUT2D eigenvalue weighted by Gasteiger charge is -2.12. The average molecular weight is 196 g/mol. The normalized spacial score (nSPS) is 11.1. The number of rotatable bonds is 6. The first-order valence-electron chi connectivity index (χ1n) is 5.22. The molecule has 0 unspecified atom stereocenters. The van der Waals surface area contributed by atoms with Crippen molar-refractivity contribution in [1.82, 2.24) is 10.2 Å². The molecule has 0 aliphatic rings. The fourth-order valence-electron chi connectivity index (χ4n) is 1.28. The van der Waals surface area contributed by atoms with Gasteiger partial charge in [-0.05, 0) is 26.2 Å². The average Bonchev–Trinajstić information content (AvgIpc) is 2.62. The third-order valence-electron chi connectivity index (χ3n) is 2.36. The van der Waals surface area contributed by atoms with Gasteiger partial charge in [0.05, 0.1) is 12.8 Å². The van der Waals surface area contributed by atoms with Crippen molar-refractivity contribution >= 4 is 0 Å². The monoisotopic (exact) mass is 196 g/mol. The van der Waals surface area contributed by atoms with E-state index in [1.807, 2.05) is 6.07 Å². The molecule has 0 spiro atoms. The fraction of sp³-hybridized carbons (Fsp3) is 0.636. The summed E-state index contributed by atoms with van der Waals surface area (Å²) >= 11 is 0. The maximum absolute atomic E-state index is 5.45. The first-order chi connectivity index (χ1) is 6.77. The molecule has 0 saturated carbocycles. The van der Waals surface area contributed by atoms with E-state index in [-0.39, 0.29) is 0 Å². The van der Waals surface area contributed by atoms with Crippen LogP contribution in [0.15, 0.2) is 16.7 Å². The summed E-state index contributed by atoms with van der Waals surface area (Å²) in [6, 6.07) is 2.04. The Kier molecular flexibility index (Phi) is 4.70. The van der Waals surface area contributed by atoms with E-state index in [0.29, 0.717) is 0 Å². The van der Waals surface area contributed by atoms with Crippen LogP contribution in [0.2, 0.25) is 0 Å². The van der Waals surface area contributed by atoms with Crippen LogP contribution in [0.5, 0.6) is 0 Å². The maximum atomic E-state index is 5.45. The third kappa shape index (κ3) is 3.16. The number of hydrogen-bond donors (Lipinski definition) is 1. The fourth-order valence-corrected chi connectivity index (χ4v) is 1.28. The highest BCUT2D eigenvalue weighted by Crippen LogP contribution is 2.12. The maximum Gasteiger partial charge on any atom is 0.122 e. The van der Waals surface area contributed by atoms with Gasteiger partial charge >= 0.3 is 0 Å². The Hall–Kier alpha value is -0.800. The van der Waals surface area contributed by atoms with Crippen LogP contribution in [0.25, 0.3) is 0 Å². The summed E-state index contributed by atoms with van der Waals surface area (Å²) in [5.41, 5.74) is 1.27. The van der Waals surface area contributed by atoms with Crippen molar-refractivity contribution in [2.24, 2.45) is 0 Å². The zero-order chi connectivity index (χ0) is 10.4. The van der Waals surface area contributed by atoms with Crippen molar-refractivity contribution in [3.8, 4) is 0 Å². The minimum atomic E-state index is 0.893. The van der Waals surface area contributed by atoms with Crippen LogP contribution in [0.4, 0.5) is 0 Å². The summed E-state index contributed by atoms with van der Waals surface area (Å²) in [7, 11) is 2.10. The van der Waals surface area contributed by atoms with E-state index < -0.39 is 0 Å². The Morgan fingerprint density at radius 3 is 2.86 bits per heavy atom. The van der Waals surface area contributed by atoms with Crippen molar-refractivity contribution in [2.45, 2.75) is 26.9 Å². The van der Waals surface area contributed by atoms with E-state index in [0.717, 1.165) is 31.9 Å². The van der Waals surface area contributed by atoms with E-state index in [1.54, 1.807) is 6.26 Å². The molecule has 0 aromatic carbocycles. The molecule has 1 heterocycles. The van der Waals surface area contributed by atoms with Crippen molar-refractivity contribution < 1.29 is 4.42 Å². The van der Waals surface area contributed by atoms with E-state index in [4.69, 9.17) is 4.42 Å². The molecule has 0 saturated heterocycles. The van der Waals surface area contributed by atoms with Gasteiger partial charge in [-0.1, -0.05) is 13.8 Å². The van der Waals surface area contributed by atoms with Crippen molar-refractivity contribution in [1.29, 1.82) is 0 Å². The second-order valence-corrected chi connectivity index (χ2v) is 3.48. The van der Waals surface area contributed by atoms with Crippen molar-refractivity contribution in [2.75, 3.05) is 20.1 Å². The molecule has 3 heteroatoms. The van der Waals surface area contributed by atoms with Crippen LogP contribution in [-0.2, 0) is 13.1 Å². The minimum absolute atomic E-state index is 0.893. The van der Waals surface area contributed by atoms with Gasteiger partial charge in [-0.3, -0.25) is 4.90 Å². The molecule has 0 fully saturated rings. The van der Waals surface area contributed by atoms with E-state index in [2.05, 4.69) is 31.1 Å². The lowest BCUT2D eigenvalue weighted by molar-refractivity contribution is 0.307. The van der Waals surface area contributed by atoms with Crippen LogP contribution in [0.3, 0.4) is 0 Å². The summed E-state index contributed by atoms with van der Waals surface area (Å²) < 4.78 is 5.45. The Bertz CT molecular complexity index is 258. The Balaban J connectivity index is 2.53. The van der Waals surface area contributed by atoms with E-state index in [9.17, 15) is 0 Å². The van der Waals surface area contributed by atoms with E-state index >= 15 is 0 Å². The zero-order valence-electron chi connectivity index (χ0n) is 9.34. The van der Waals surface area contributed by atoms with Crippen molar-refractivity contribution in [3.05, 3.63) is 23.7 Å². The van der Waals surface area contributed by atoms with Crippen LogP contribution >= 0.6 is 0 Å². The summed E-state index contributed by atoms with van der Waals surface area (Å²) in [6.07, 6.45) is 1.77. The Morgan fingerprint density at radius 1 is 1.43 bits per heavy atom. The Morgan fingerprint density at radius 2 is 2.21 bits per heavy atom. The van der Waals surface area contributed by atoms with E-state index in [1.165, 1.54) is 5.56 Å². The number of nitrogens with zero attached hydrogens (tertiary/aromatic N) is 1. The molecule has 3 nitrogen and oxygen atoms in total. The van der Waals surface area contributed by atoms with Gasteiger partial charge in [-0.25, -0.2) is 0 Å². The highest BCUT2D eigenvalue weighted by Gasteiger charge is 2.07. The van der Waals surface area contributed by atoms with Crippen LogP contribution in [0, 0.1) is 0 Å². The molecule has 1 N–H and O–H groups in total. The predicted molar refractivity (Wildman–Crippen MR) is 58.1 cm³/mol. The SMILES string of the molecule is CCNCc1ccoc1CN(C)CC. The third-order valence-corrected chi connectivity index (χ3v) is 2.36. The second-order valence-electron chi connectivity index (χ2n) is 3.48. The summed E-state index contributed by atoms with van der Waals surface area (Å²) in [6.45, 7) is 8.09. The molecule has 1 rings (SSSR count). The van der Waals surface area contributed by atoms with Gasteiger partial charge in [0, 0.05) is 12.1 Å². The molecular formula is C11H20N2O. The molecule has 0 bridgehead atoms. The smallest absolute Gasteiger partial charge is 0.122 e. The number of furan rings is 1. The largest absolute Gasteiger partial charge is 0.468 e.